The second-order valence-electron chi connectivity index (χ2n) is 3.89. The Morgan fingerprint density at radius 2 is 1.78 bits per heavy atom. The van der Waals surface area contributed by atoms with Crippen LogP contribution in [-0.4, -0.2) is 4.98 Å². The van der Waals surface area contributed by atoms with E-state index in [4.69, 9.17) is 4.74 Å². The summed E-state index contributed by atoms with van der Waals surface area (Å²) in [7, 11) is 0. The van der Waals surface area contributed by atoms with E-state index < -0.39 is 0 Å². The summed E-state index contributed by atoms with van der Waals surface area (Å²) in [6.45, 7) is 0. The Balaban J connectivity index is 2.05. The van der Waals surface area contributed by atoms with Gasteiger partial charge in [-0.3, -0.25) is 0 Å². The minimum Gasteiger partial charge on any atom is -0.438 e. The van der Waals surface area contributed by atoms with Crippen molar-refractivity contribution in [1.29, 1.82) is 0 Å². The summed E-state index contributed by atoms with van der Waals surface area (Å²) >= 11 is 3.41. The van der Waals surface area contributed by atoms with Crippen molar-refractivity contribution < 1.29 is 4.74 Å². The van der Waals surface area contributed by atoms with Crippen molar-refractivity contribution in [2.24, 2.45) is 0 Å². The lowest BCUT2D eigenvalue weighted by Gasteiger charge is -2.08. The molecular weight excluding hydrogens is 290 g/mol. The number of nitrogens with zero attached hydrogens (tertiary/aromatic N) is 1. The summed E-state index contributed by atoms with van der Waals surface area (Å²) < 4.78 is 6.78. The topological polar surface area (TPSA) is 22.1 Å². The number of rotatable bonds is 2. The number of hydrogen-bond acceptors (Lipinski definition) is 2. The largest absolute Gasteiger partial charge is 0.438 e. The summed E-state index contributed by atoms with van der Waals surface area (Å²) in [5, 5.41) is 2.24. The number of hydrogen-bond donors (Lipinski definition) is 0. The van der Waals surface area contributed by atoms with Gasteiger partial charge in [0.15, 0.2) is 0 Å². The van der Waals surface area contributed by atoms with Gasteiger partial charge in [-0.25, -0.2) is 4.98 Å². The predicted octanol–water partition coefficient (Wildman–Crippen LogP) is 4.79. The standard InChI is InChI=1S/C15H10BrNO/c16-12-8-9-17-15(10-12)18-14-7-3-5-11-4-1-2-6-13(11)14/h1-10H. The molecule has 0 aliphatic heterocycles. The van der Waals surface area contributed by atoms with Crippen LogP contribution in [0.1, 0.15) is 0 Å². The molecule has 0 bridgehead atoms. The Morgan fingerprint density at radius 1 is 0.944 bits per heavy atom. The molecule has 0 aliphatic carbocycles. The van der Waals surface area contributed by atoms with Crippen molar-refractivity contribution in [3.05, 3.63) is 65.3 Å². The van der Waals surface area contributed by atoms with Crippen molar-refractivity contribution in [3.63, 3.8) is 0 Å². The molecule has 0 saturated carbocycles. The molecule has 1 aromatic heterocycles. The first-order chi connectivity index (χ1) is 8.83. The van der Waals surface area contributed by atoms with Gasteiger partial charge in [0.05, 0.1) is 0 Å². The van der Waals surface area contributed by atoms with Crippen LogP contribution in [0.3, 0.4) is 0 Å². The van der Waals surface area contributed by atoms with E-state index in [1.54, 1.807) is 6.20 Å². The van der Waals surface area contributed by atoms with Gasteiger partial charge in [-0.2, -0.15) is 0 Å². The minimum absolute atomic E-state index is 0.584. The zero-order valence-corrected chi connectivity index (χ0v) is 11.1. The van der Waals surface area contributed by atoms with E-state index in [1.807, 2.05) is 42.5 Å². The van der Waals surface area contributed by atoms with E-state index in [-0.39, 0.29) is 0 Å². The van der Waals surface area contributed by atoms with Gasteiger partial charge in [-0.05, 0) is 17.5 Å². The van der Waals surface area contributed by atoms with Crippen molar-refractivity contribution in [3.8, 4) is 11.6 Å². The quantitative estimate of drug-likeness (QED) is 0.679. The maximum Gasteiger partial charge on any atom is 0.220 e. The van der Waals surface area contributed by atoms with Crippen LogP contribution >= 0.6 is 15.9 Å². The third-order valence-electron chi connectivity index (χ3n) is 2.66. The van der Waals surface area contributed by atoms with Crippen LogP contribution in [0.4, 0.5) is 0 Å². The molecule has 2 aromatic carbocycles. The van der Waals surface area contributed by atoms with Crippen LogP contribution in [0.2, 0.25) is 0 Å². The number of fused-ring (bicyclic) bond motifs is 1. The summed E-state index contributed by atoms with van der Waals surface area (Å²) in [4.78, 5) is 4.19. The lowest BCUT2D eigenvalue weighted by molar-refractivity contribution is 0.468. The maximum absolute atomic E-state index is 5.83. The van der Waals surface area contributed by atoms with Crippen LogP contribution in [0, 0.1) is 0 Å². The van der Waals surface area contributed by atoms with Crippen molar-refractivity contribution in [2.75, 3.05) is 0 Å². The molecule has 2 nitrogen and oxygen atoms in total. The number of aromatic nitrogens is 1. The van der Waals surface area contributed by atoms with Crippen molar-refractivity contribution in [1.82, 2.24) is 4.98 Å². The third-order valence-corrected chi connectivity index (χ3v) is 3.15. The number of ether oxygens (including phenoxy) is 1. The fourth-order valence-corrected chi connectivity index (χ4v) is 2.15. The molecular formula is C15H10BrNO. The molecule has 0 N–H and O–H groups in total. The van der Waals surface area contributed by atoms with Gasteiger partial charge in [0, 0.05) is 22.1 Å². The zero-order chi connectivity index (χ0) is 12.4. The van der Waals surface area contributed by atoms with E-state index in [0.717, 1.165) is 21.0 Å². The van der Waals surface area contributed by atoms with E-state index >= 15 is 0 Å². The monoisotopic (exact) mass is 299 g/mol. The molecule has 0 unspecified atom stereocenters. The van der Waals surface area contributed by atoms with Crippen molar-refractivity contribution in [2.45, 2.75) is 0 Å². The van der Waals surface area contributed by atoms with Crippen LogP contribution < -0.4 is 4.74 Å². The first-order valence-corrected chi connectivity index (χ1v) is 6.39. The number of benzene rings is 2. The molecule has 1 heterocycles. The first-order valence-electron chi connectivity index (χ1n) is 5.60. The predicted molar refractivity (Wildman–Crippen MR) is 76.0 cm³/mol. The highest BCUT2D eigenvalue weighted by molar-refractivity contribution is 9.10. The van der Waals surface area contributed by atoms with Crippen LogP contribution in [0.5, 0.6) is 11.6 Å². The second-order valence-corrected chi connectivity index (χ2v) is 4.81. The third kappa shape index (κ3) is 2.22. The van der Waals surface area contributed by atoms with Gasteiger partial charge in [0.1, 0.15) is 5.75 Å². The molecule has 88 valence electrons. The van der Waals surface area contributed by atoms with Gasteiger partial charge in [-0.1, -0.05) is 52.3 Å². The summed E-state index contributed by atoms with van der Waals surface area (Å²) in [5.41, 5.74) is 0. The molecule has 0 aliphatic rings. The number of pyridine rings is 1. The van der Waals surface area contributed by atoms with Gasteiger partial charge in [-0.15, -0.1) is 0 Å². The maximum atomic E-state index is 5.83. The summed E-state index contributed by atoms with van der Waals surface area (Å²) in [5.74, 6) is 1.40. The van der Waals surface area contributed by atoms with Gasteiger partial charge in [0.2, 0.25) is 5.88 Å². The Hall–Kier alpha value is -1.87. The minimum atomic E-state index is 0.584. The molecule has 3 rings (SSSR count). The van der Waals surface area contributed by atoms with Crippen LogP contribution in [-0.2, 0) is 0 Å². The number of halogens is 1. The fraction of sp³-hybridized carbons (Fsp3) is 0. The van der Waals surface area contributed by atoms with E-state index in [0.29, 0.717) is 5.88 Å². The molecule has 0 saturated heterocycles. The average molecular weight is 300 g/mol. The van der Waals surface area contributed by atoms with E-state index in [9.17, 15) is 0 Å². The molecule has 18 heavy (non-hydrogen) atoms. The Kier molecular flexibility index (Phi) is 2.99. The summed E-state index contributed by atoms with van der Waals surface area (Å²) in [6, 6.07) is 17.8. The average Bonchev–Trinajstić information content (AvgIpc) is 2.39. The molecule has 3 aromatic rings. The lowest BCUT2D eigenvalue weighted by atomic mass is 10.1. The van der Waals surface area contributed by atoms with E-state index in [1.165, 1.54) is 0 Å². The Morgan fingerprint density at radius 3 is 2.67 bits per heavy atom. The Labute approximate surface area is 113 Å². The molecule has 0 radical (unpaired) electrons. The van der Waals surface area contributed by atoms with E-state index in [2.05, 4.69) is 33.0 Å². The molecule has 0 fully saturated rings. The fourth-order valence-electron chi connectivity index (χ4n) is 1.84. The molecule has 0 atom stereocenters. The summed E-state index contributed by atoms with van der Waals surface area (Å²) in [6.07, 6.45) is 1.71. The van der Waals surface area contributed by atoms with Crippen LogP contribution in [0.15, 0.2) is 65.3 Å². The highest BCUT2D eigenvalue weighted by Crippen LogP contribution is 2.29. The normalized spacial score (nSPS) is 10.5. The van der Waals surface area contributed by atoms with Gasteiger partial charge >= 0.3 is 0 Å². The van der Waals surface area contributed by atoms with Gasteiger partial charge in [0.25, 0.3) is 0 Å². The smallest absolute Gasteiger partial charge is 0.220 e. The first kappa shape index (κ1) is 11.2. The second kappa shape index (κ2) is 4.78. The van der Waals surface area contributed by atoms with Gasteiger partial charge < -0.3 is 4.74 Å². The zero-order valence-electron chi connectivity index (χ0n) is 9.51. The highest BCUT2D eigenvalue weighted by atomic mass is 79.9. The van der Waals surface area contributed by atoms with Crippen molar-refractivity contribution >= 4 is 26.7 Å². The lowest BCUT2D eigenvalue weighted by Crippen LogP contribution is -1.88. The Bertz CT molecular complexity index is 691. The molecule has 3 heteroatoms. The SMILES string of the molecule is Brc1ccnc(Oc2cccc3ccccc23)c1. The highest BCUT2D eigenvalue weighted by Gasteiger charge is 2.03. The van der Waals surface area contributed by atoms with Crippen LogP contribution in [0.25, 0.3) is 10.8 Å². The molecule has 0 amide bonds. The molecule has 0 spiro atoms.